The summed E-state index contributed by atoms with van der Waals surface area (Å²) in [5.74, 6) is -0.278. The Morgan fingerprint density at radius 2 is 1.73 bits per heavy atom. The molecule has 3 atom stereocenters. The highest BCUT2D eigenvalue weighted by atomic mass is 32.2. The lowest BCUT2D eigenvalue weighted by Gasteiger charge is -2.54. The number of nitrogens with zero attached hydrogens (tertiary/aromatic N) is 4. The van der Waals surface area contributed by atoms with Gasteiger partial charge in [-0.05, 0) is 130 Å². The van der Waals surface area contributed by atoms with Crippen LogP contribution in [0.3, 0.4) is 0 Å². The Morgan fingerprint density at radius 3 is 2.38 bits per heavy atom. The fraction of sp³-hybridized carbons (Fsp3) is 0.500. The minimum atomic E-state index is -3.91. The molecule has 1 N–H and O–H groups in total. The number of hydrogen-bond donors (Lipinski definition) is 1. The van der Waals surface area contributed by atoms with Crippen LogP contribution in [0, 0.1) is 23.6 Å². The number of rotatable bonds is 14. The summed E-state index contributed by atoms with van der Waals surface area (Å²) in [6, 6.07) is 14.9. The summed E-state index contributed by atoms with van der Waals surface area (Å²) in [7, 11) is -2.47. The van der Waals surface area contributed by atoms with Crippen LogP contribution >= 0.6 is 0 Å². The van der Waals surface area contributed by atoms with Gasteiger partial charge >= 0.3 is 5.97 Å². The minimum Gasteiger partial charge on any atom is -0.469 e. The zero-order chi connectivity index (χ0) is 38.8. The molecule has 55 heavy (non-hydrogen) atoms. The van der Waals surface area contributed by atoms with E-state index in [2.05, 4.69) is 32.7 Å². The zero-order valence-corrected chi connectivity index (χ0v) is 32.3. The van der Waals surface area contributed by atoms with Gasteiger partial charge in [-0.15, -0.1) is 0 Å². The largest absolute Gasteiger partial charge is 0.469 e. The number of hydrogen-bond acceptors (Lipinski definition) is 9. The van der Waals surface area contributed by atoms with Gasteiger partial charge in [0.25, 0.3) is 0 Å². The van der Waals surface area contributed by atoms with Crippen molar-refractivity contribution in [3.63, 3.8) is 0 Å². The van der Waals surface area contributed by atoms with Gasteiger partial charge in [-0.2, -0.15) is 0 Å². The standard InChI is InChI=1S/C42H51F2N5O5S/c1-3-39(50)46-34-23-37(25-45-24-34)55(52,53)36-13-11-35(12-14-36)49-27-41(44,28-49)26-48-19-15-31(16-20-48)42(29-47-17-6-18-47,32-8-5-9-33(43)22-32)38-10-4-7-30(38)21-40(51)54-2/h3,5,8-9,11-14,22-25,30-31,38H,1,4,6-7,10,15-21,26-29H2,2H3,(H,46,50)/t30-,38+,42+/m1/s1. The van der Waals surface area contributed by atoms with E-state index in [-0.39, 0.29) is 63.5 Å². The van der Waals surface area contributed by atoms with Gasteiger partial charge in [0.1, 0.15) is 5.82 Å². The van der Waals surface area contributed by atoms with Crippen molar-refractivity contribution >= 4 is 33.1 Å². The molecular weight excluding hydrogens is 725 g/mol. The van der Waals surface area contributed by atoms with Crippen LogP contribution in [0.2, 0.25) is 0 Å². The molecule has 4 aliphatic rings. The van der Waals surface area contributed by atoms with Crippen molar-refractivity contribution in [2.24, 2.45) is 17.8 Å². The summed E-state index contributed by atoms with van der Waals surface area (Å²) in [6.45, 7) is 8.47. The third-order valence-corrected chi connectivity index (χ3v) is 14.3. The van der Waals surface area contributed by atoms with E-state index >= 15 is 8.78 Å². The molecule has 2 aromatic carbocycles. The number of pyridine rings is 1. The van der Waals surface area contributed by atoms with Crippen molar-refractivity contribution in [3.8, 4) is 0 Å². The number of likely N-dealkylation sites (tertiary alicyclic amines) is 2. The highest BCUT2D eigenvalue weighted by Gasteiger charge is 2.53. The molecule has 3 saturated heterocycles. The Kier molecular flexibility index (Phi) is 11.4. The van der Waals surface area contributed by atoms with Crippen LogP contribution < -0.4 is 10.2 Å². The summed E-state index contributed by atoms with van der Waals surface area (Å²) in [5.41, 5.74) is 0.262. The number of sulfone groups is 1. The van der Waals surface area contributed by atoms with Gasteiger partial charge in [-0.25, -0.2) is 17.2 Å². The quantitative estimate of drug-likeness (QED) is 0.155. The molecule has 7 rings (SSSR count). The second-order valence-corrected chi connectivity index (χ2v) is 17.9. The SMILES string of the molecule is C=CC(=O)Nc1cncc(S(=O)(=O)c2ccc(N3CC(F)(CN4CCC([C@@](CN5CCC5)(c5cccc(F)c5)[C@H]5CCC[C@@H]5CC(=O)OC)CC4)C3)cc2)c1. The Balaban J connectivity index is 1.01. The summed E-state index contributed by atoms with van der Waals surface area (Å²) >= 11 is 0. The van der Waals surface area contributed by atoms with E-state index in [0.717, 1.165) is 88.6 Å². The van der Waals surface area contributed by atoms with Gasteiger partial charge in [0.05, 0.1) is 41.9 Å². The number of ether oxygens (including phenoxy) is 1. The van der Waals surface area contributed by atoms with E-state index < -0.39 is 21.4 Å². The smallest absolute Gasteiger partial charge is 0.305 e. The molecule has 0 unspecified atom stereocenters. The Labute approximate surface area is 322 Å². The molecule has 4 fully saturated rings. The molecule has 1 aromatic heterocycles. The maximum Gasteiger partial charge on any atom is 0.305 e. The van der Waals surface area contributed by atoms with Gasteiger partial charge in [0.2, 0.25) is 15.7 Å². The van der Waals surface area contributed by atoms with Crippen molar-refractivity contribution in [2.75, 3.05) is 69.7 Å². The van der Waals surface area contributed by atoms with E-state index in [0.29, 0.717) is 13.0 Å². The van der Waals surface area contributed by atoms with Gasteiger partial charge < -0.3 is 19.9 Å². The van der Waals surface area contributed by atoms with E-state index in [4.69, 9.17) is 4.74 Å². The number of piperidine rings is 1. The predicted molar refractivity (Wildman–Crippen MR) is 207 cm³/mol. The Hall–Kier alpha value is -4.20. The number of carbonyl (C=O) groups excluding carboxylic acids is 2. The third kappa shape index (κ3) is 8.20. The number of anilines is 2. The summed E-state index contributed by atoms with van der Waals surface area (Å²) in [5, 5.41) is 2.52. The van der Waals surface area contributed by atoms with Gasteiger partial charge in [-0.1, -0.05) is 25.1 Å². The van der Waals surface area contributed by atoms with E-state index in [1.165, 1.54) is 43.8 Å². The number of esters is 1. The monoisotopic (exact) mass is 775 g/mol. The van der Waals surface area contributed by atoms with Crippen molar-refractivity contribution in [1.29, 1.82) is 0 Å². The molecule has 3 aliphatic heterocycles. The first-order chi connectivity index (χ1) is 26.4. The number of methoxy groups -OCH3 is 1. The molecule has 0 spiro atoms. The molecule has 1 saturated carbocycles. The number of amides is 1. The van der Waals surface area contributed by atoms with Crippen LogP contribution in [0.5, 0.6) is 0 Å². The summed E-state index contributed by atoms with van der Waals surface area (Å²) in [6.07, 6.45) is 9.89. The lowest BCUT2D eigenvalue weighted by atomic mass is 9.56. The number of alkyl halides is 1. The molecule has 1 aliphatic carbocycles. The molecule has 0 bridgehead atoms. The first-order valence-corrected chi connectivity index (χ1v) is 20.9. The van der Waals surface area contributed by atoms with Crippen LogP contribution in [0.4, 0.5) is 20.2 Å². The van der Waals surface area contributed by atoms with Crippen LogP contribution in [0.25, 0.3) is 0 Å². The highest BCUT2D eigenvalue weighted by Crippen LogP contribution is 2.54. The van der Waals surface area contributed by atoms with E-state index in [1.807, 2.05) is 11.0 Å². The Morgan fingerprint density at radius 1 is 0.982 bits per heavy atom. The second-order valence-electron chi connectivity index (χ2n) is 15.9. The Bertz CT molecular complexity index is 1980. The van der Waals surface area contributed by atoms with Gasteiger partial charge in [-0.3, -0.25) is 19.5 Å². The average molecular weight is 776 g/mol. The van der Waals surface area contributed by atoms with Crippen molar-refractivity contribution < 1.29 is 31.5 Å². The highest BCUT2D eigenvalue weighted by molar-refractivity contribution is 7.91. The lowest BCUT2D eigenvalue weighted by Crippen LogP contribution is -2.64. The molecule has 3 aromatic rings. The predicted octanol–water partition coefficient (Wildman–Crippen LogP) is 6.04. The molecule has 0 radical (unpaired) electrons. The summed E-state index contributed by atoms with van der Waals surface area (Å²) in [4.78, 5) is 34.9. The number of nitrogens with one attached hydrogen (secondary N) is 1. The number of aromatic nitrogens is 1. The zero-order valence-electron chi connectivity index (χ0n) is 31.5. The molecular formula is C42H51F2N5O5S. The number of benzene rings is 2. The van der Waals surface area contributed by atoms with Crippen LogP contribution in [0.1, 0.15) is 50.5 Å². The molecule has 4 heterocycles. The maximum atomic E-state index is 16.3. The fourth-order valence-corrected chi connectivity index (χ4v) is 11.0. The maximum absolute atomic E-state index is 16.3. The van der Waals surface area contributed by atoms with Crippen LogP contribution in [-0.2, 0) is 29.6 Å². The second kappa shape index (κ2) is 16.1. The molecule has 1 amide bonds. The van der Waals surface area contributed by atoms with Crippen molar-refractivity contribution in [1.82, 2.24) is 14.8 Å². The lowest BCUT2D eigenvalue weighted by molar-refractivity contribution is -0.142. The number of carbonyl (C=O) groups is 2. The molecule has 10 nitrogen and oxygen atoms in total. The van der Waals surface area contributed by atoms with Crippen molar-refractivity contribution in [3.05, 3.63) is 91.0 Å². The average Bonchev–Trinajstić information content (AvgIpc) is 3.62. The van der Waals surface area contributed by atoms with Crippen LogP contribution in [0.15, 0.2) is 89.4 Å². The topological polar surface area (TPSA) is 112 Å². The molecule has 13 heteroatoms. The number of halogens is 2. The third-order valence-electron chi connectivity index (χ3n) is 12.5. The first-order valence-electron chi connectivity index (χ1n) is 19.4. The van der Waals surface area contributed by atoms with E-state index in [1.54, 1.807) is 18.2 Å². The van der Waals surface area contributed by atoms with Gasteiger partial charge in [0, 0.05) is 36.8 Å². The first kappa shape index (κ1) is 39.1. The summed E-state index contributed by atoms with van der Waals surface area (Å²) < 4.78 is 63.1. The van der Waals surface area contributed by atoms with E-state index in [9.17, 15) is 18.0 Å². The van der Waals surface area contributed by atoms with Gasteiger partial charge in [0.15, 0.2) is 5.67 Å². The van der Waals surface area contributed by atoms with Crippen LogP contribution in [-0.4, -0.2) is 100 Å². The molecule has 294 valence electrons. The normalized spacial score (nSPS) is 22.9. The van der Waals surface area contributed by atoms with Crippen molar-refractivity contribution in [2.45, 2.75) is 65.8 Å². The fourth-order valence-electron chi connectivity index (χ4n) is 9.76. The minimum absolute atomic E-state index is 0.0596.